The monoisotopic (exact) mass is 294 g/mol. The van der Waals surface area contributed by atoms with Crippen LogP contribution in [-0.4, -0.2) is 16.7 Å². The molecule has 0 amide bonds. The SMILES string of the molecule is O=c1[nH]c2ccccc2cc1CNc1ccc(CCO)cc1. The van der Waals surface area contributed by atoms with Gasteiger partial charge in [0, 0.05) is 29.9 Å². The smallest absolute Gasteiger partial charge is 0.253 e. The molecule has 4 nitrogen and oxygen atoms in total. The lowest BCUT2D eigenvalue weighted by Crippen LogP contribution is -2.15. The van der Waals surface area contributed by atoms with E-state index in [0.717, 1.165) is 22.2 Å². The minimum Gasteiger partial charge on any atom is -0.396 e. The van der Waals surface area contributed by atoms with Crippen LogP contribution in [0.1, 0.15) is 11.1 Å². The van der Waals surface area contributed by atoms with Gasteiger partial charge in [0.1, 0.15) is 0 Å². The first kappa shape index (κ1) is 14.4. The van der Waals surface area contributed by atoms with Crippen molar-refractivity contribution in [2.45, 2.75) is 13.0 Å². The number of anilines is 1. The number of aromatic nitrogens is 1. The van der Waals surface area contributed by atoms with Crippen molar-refractivity contribution in [1.29, 1.82) is 0 Å². The van der Waals surface area contributed by atoms with E-state index in [4.69, 9.17) is 5.11 Å². The molecule has 0 bridgehead atoms. The number of aliphatic hydroxyl groups is 1. The fourth-order valence-electron chi connectivity index (χ4n) is 2.44. The lowest BCUT2D eigenvalue weighted by molar-refractivity contribution is 0.299. The molecule has 2 aromatic carbocycles. The van der Waals surface area contributed by atoms with Gasteiger partial charge in [-0.1, -0.05) is 30.3 Å². The quantitative estimate of drug-likeness (QED) is 0.678. The number of pyridine rings is 1. The van der Waals surface area contributed by atoms with Gasteiger partial charge in [0.05, 0.1) is 0 Å². The highest BCUT2D eigenvalue weighted by Gasteiger charge is 2.03. The number of nitrogens with one attached hydrogen (secondary N) is 2. The highest BCUT2D eigenvalue weighted by atomic mass is 16.2. The molecular weight excluding hydrogens is 276 g/mol. The zero-order valence-corrected chi connectivity index (χ0v) is 12.2. The van der Waals surface area contributed by atoms with Gasteiger partial charge >= 0.3 is 0 Å². The molecule has 0 aliphatic rings. The van der Waals surface area contributed by atoms with Crippen LogP contribution >= 0.6 is 0 Å². The molecule has 0 saturated carbocycles. The van der Waals surface area contributed by atoms with Crippen molar-refractivity contribution in [2.24, 2.45) is 0 Å². The summed E-state index contributed by atoms with van der Waals surface area (Å²) in [4.78, 5) is 15.0. The fraction of sp³-hybridized carbons (Fsp3) is 0.167. The van der Waals surface area contributed by atoms with Gasteiger partial charge in [-0.2, -0.15) is 0 Å². The maximum Gasteiger partial charge on any atom is 0.253 e. The number of para-hydroxylation sites is 1. The molecule has 0 saturated heterocycles. The Morgan fingerprint density at radius 2 is 1.82 bits per heavy atom. The number of H-pyrrole nitrogens is 1. The summed E-state index contributed by atoms with van der Waals surface area (Å²) >= 11 is 0. The summed E-state index contributed by atoms with van der Waals surface area (Å²) in [6, 6.07) is 17.5. The van der Waals surface area contributed by atoms with Crippen molar-refractivity contribution in [3.05, 3.63) is 76.1 Å². The molecule has 3 rings (SSSR count). The molecule has 0 fully saturated rings. The summed E-state index contributed by atoms with van der Waals surface area (Å²) < 4.78 is 0. The number of hydrogen-bond donors (Lipinski definition) is 3. The Morgan fingerprint density at radius 1 is 1.05 bits per heavy atom. The minimum absolute atomic E-state index is 0.0666. The lowest BCUT2D eigenvalue weighted by Gasteiger charge is -2.08. The van der Waals surface area contributed by atoms with Crippen molar-refractivity contribution < 1.29 is 5.11 Å². The van der Waals surface area contributed by atoms with Crippen LogP contribution in [0.2, 0.25) is 0 Å². The zero-order chi connectivity index (χ0) is 15.4. The second kappa shape index (κ2) is 6.45. The lowest BCUT2D eigenvalue weighted by atomic mass is 10.1. The maximum atomic E-state index is 12.1. The third kappa shape index (κ3) is 3.18. The number of aliphatic hydroxyl groups excluding tert-OH is 1. The Hall–Kier alpha value is -2.59. The molecule has 3 N–H and O–H groups in total. The minimum atomic E-state index is -0.0666. The average molecular weight is 294 g/mol. The van der Waals surface area contributed by atoms with Crippen molar-refractivity contribution >= 4 is 16.6 Å². The third-order valence-electron chi connectivity index (χ3n) is 3.67. The van der Waals surface area contributed by atoms with E-state index in [9.17, 15) is 4.79 Å². The highest BCUT2D eigenvalue weighted by Crippen LogP contribution is 2.13. The van der Waals surface area contributed by atoms with Gasteiger partial charge in [-0.25, -0.2) is 0 Å². The standard InChI is InChI=1S/C18H18N2O2/c21-10-9-13-5-7-16(8-6-13)19-12-15-11-14-3-1-2-4-17(14)20-18(15)22/h1-8,11,19,21H,9-10,12H2,(H,20,22). The van der Waals surface area contributed by atoms with Crippen LogP contribution in [0.15, 0.2) is 59.4 Å². The Balaban J connectivity index is 1.75. The van der Waals surface area contributed by atoms with Crippen LogP contribution in [0.4, 0.5) is 5.69 Å². The van der Waals surface area contributed by atoms with E-state index < -0.39 is 0 Å². The van der Waals surface area contributed by atoms with Crippen LogP contribution < -0.4 is 10.9 Å². The predicted molar refractivity (Wildman–Crippen MR) is 89.1 cm³/mol. The molecule has 0 radical (unpaired) electrons. The zero-order valence-electron chi connectivity index (χ0n) is 12.2. The first-order valence-corrected chi connectivity index (χ1v) is 7.31. The van der Waals surface area contributed by atoms with E-state index in [-0.39, 0.29) is 12.2 Å². The molecule has 1 heterocycles. The van der Waals surface area contributed by atoms with Gasteiger partial charge in [0.2, 0.25) is 0 Å². The number of hydrogen-bond acceptors (Lipinski definition) is 3. The van der Waals surface area contributed by atoms with E-state index in [1.54, 1.807) is 0 Å². The Bertz CT molecular complexity index is 822. The summed E-state index contributed by atoms with van der Waals surface area (Å²) in [6.45, 7) is 0.624. The average Bonchev–Trinajstić information content (AvgIpc) is 2.54. The number of fused-ring (bicyclic) bond motifs is 1. The summed E-state index contributed by atoms with van der Waals surface area (Å²) in [6.07, 6.45) is 0.657. The predicted octanol–water partition coefficient (Wildman–Crippen LogP) is 2.68. The summed E-state index contributed by atoms with van der Waals surface area (Å²) in [5.74, 6) is 0. The number of aromatic amines is 1. The molecular formula is C18H18N2O2. The van der Waals surface area contributed by atoms with Gasteiger partial charge in [0.15, 0.2) is 0 Å². The van der Waals surface area contributed by atoms with Crippen molar-refractivity contribution in [3.63, 3.8) is 0 Å². The molecule has 0 atom stereocenters. The molecule has 0 spiro atoms. The van der Waals surface area contributed by atoms with E-state index in [1.807, 2.05) is 54.6 Å². The Labute approximate surface area is 128 Å². The van der Waals surface area contributed by atoms with Gasteiger partial charge in [-0.05, 0) is 41.6 Å². The van der Waals surface area contributed by atoms with Gasteiger partial charge in [-0.3, -0.25) is 4.79 Å². The number of benzene rings is 2. The summed E-state index contributed by atoms with van der Waals surface area (Å²) in [5, 5.41) is 13.2. The molecule has 0 aliphatic carbocycles. The Kier molecular flexibility index (Phi) is 4.21. The molecule has 1 aromatic heterocycles. The van der Waals surface area contributed by atoms with E-state index in [2.05, 4.69) is 10.3 Å². The van der Waals surface area contributed by atoms with E-state index >= 15 is 0 Å². The first-order valence-electron chi connectivity index (χ1n) is 7.31. The first-order chi connectivity index (χ1) is 10.8. The molecule has 22 heavy (non-hydrogen) atoms. The molecule has 4 heteroatoms. The maximum absolute atomic E-state index is 12.1. The normalized spacial score (nSPS) is 10.8. The summed E-state index contributed by atoms with van der Waals surface area (Å²) in [5.41, 5.74) is 3.54. The molecule has 3 aromatic rings. The third-order valence-corrected chi connectivity index (χ3v) is 3.67. The topological polar surface area (TPSA) is 65.1 Å². The molecule has 0 aliphatic heterocycles. The van der Waals surface area contributed by atoms with Crippen LogP contribution in [-0.2, 0) is 13.0 Å². The van der Waals surface area contributed by atoms with Gasteiger partial charge < -0.3 is 15.4 Å². The van der Waals surface area contributed by atoms with Gasteiger partial charge in [0.25, 0.3) is 5.56 Å². The Morgan fingerprint density at radius 3 is 2.59 bits per heavy atom. The highest BCUT2D eigenvalue weighted by molar-refractivity contribution is 5.78. The van der Waals surface area contributed by atoms with Crippen molar-refractivity contribution in [3.8, 4) is 0 Å². The van der Waals surface area contributed by atoms with Crippen LogP contribution in [0, 0.1) is 0 Å². The van der Waals surface area contributed by atoms with Crippen LogP contribution in [0.5, 0.6) is 0 Å². The van der Waals surface area contributed by atoms with Crippen molar-refractivity contribution in [1.82, 2.24) is 4.98 Å². The van der Waals surface area contributed by atoms with Crippen molar-refractivity contribution in [2.75, 3.05) is 11.9 Å². The molecule has 0 unspecified atom stereocenters. The van der Waals surface area contributed by atoms with Crippen LogP contribution in [0.3, 0.4) is 0 Å². The van der Waals surface area contributed by atoms with E-state index in [1.165, 1.54) is 0 Å². The summed E-state index contributed by atoms with van der Waals surface area (Å²) in [7, 11) is 0. The molecule has 112 valence electrons. The largest absolute Gasteiger partial charge is 0.396 e. The second-order valence-electron chi connectivity index (χ2n) is 5.24. The second-order valence-corrected chi connectivity index (χ2v) is 5.24. The van der Waals surface area contributed by atoms with Crippen LogP contribution in [0.25, 0.3) is 10.9 Å². The van der Waals surface area contributed by atoms with Gasteiger partial charge in [-0.15, -0.1) is 0 Å². The fourth-order valence-corrected chi connectivity index (χ4v) is 2.44. The van der Waals surface area contributed by atoms with E-state index in [0.29, 0.717) is 18.5 Å². The number of rotatable bonds is 5.